The van der Waals surface area contributed by atoms with E-state index in [0.717, 1.165) is 6.42 Å². The summed E-state index contributed by atoms with van der Waals surface area (Å²) in [4.78, 5) is 0. The minimum absolute atomic E-state index is 1.05. The van der Waals surface area contributed by atoms with Crippen LogP contribution in [0.25, 0.3) is 0 Å². The van der Waals surface area contributed by atoms with Crippen LogP contribution in [0.4, 0.5) is 0 Å². The summed E-state index contributed by atoms with van der Waals surface area (Å²) in [5.41, 5.74) is 1.38. The molecule has 0 aliphatic heterocycles. The molecular formula is C16H18. The third-order valence-electron chi connectivity index (χ3n) is 2.10. The van der Waals surface area contributed by atoms with Gasteiger partial charge in [0.2, 0.25) is 0 Å². The highest BCUT2D eigenvalue weighted by atomic mass is 13.9. The second-order valence-electron chi connectivity index (χ2n) is 3.41. The molecule has 0 aliphatic rings. The molecule has 0 saturated heterocycles. The van der Waals surface area contributed by atoms with Gasteiger partial charge in [-0.15, -0.1) is 0 Å². The average Bonchev–Trinajstić information content (AvgIpc) is 2.40. The first kappa shape index (κ1) is 12.3. The van der Waals surface area contributed by atoms with E-state index in [9.17, 15) is 0 Å². The van der Waals surface area contributed by atoms with Crippen LogP contribution in [0.3, 0.4) is 0 Å². The molecule has 0 heteroatoms. The third kappa shape index (κ3) is 5.82. The summed E-state index contributed by atoms with van der Waals surface area (Å²) in [6.45, 7) is 2.04. The molecule has 0 aliphatic carbocycles. The molecule has 0 saturated carbocycles. The Morgan fingerprint density at radius 1 is 0.750 bits per heavy atom. The Labute approximate surface area is 98.3 Å². The second kappa shape index (κ2) is 8.49. The van der Waals surface area contributed by atoms with Gasteiger partial charge >= 0.3 is 0 Å². The summed E-state index contributed by atoms with van der Waals surface area (Å²) in [5, 5.41) is 0. The summed E-state index contributed by atoms with van der Waals surface area (Å²) in [5.74, 6) is 0. The van der Waals surface area contributed by atoms with Crippen molar-refractivity contribution in [2.24, 2.45) is 0 Å². The third-order valence-corrected chi connectivity index (χ3v) is 2.10. The van der Waals surface area contributed by atoms with E-state index in [1.165, 1.54) is 5.56 Å². The standard InChI is InChI=1S/C10H12.C6H6/c1-2-3-7-10-8-5-4-6-9-10;1-2-4-6-5-3-1/h2-6,8-9H,7H2,1H3;1-6H/b3-2+;. The highest BCUT2D eigenvalue weighted by molar-refractivity contribution is 5.17. The van der Waals surface area contributed by atoms with Crippen molar-refractivity contribution in [3.8, 4) is 0 Å². The Morgan fingerprint density at radius 3 is 1.62 bits per heavy atom. The van der Waals surface area contributed by atoms with Crippen LogP contribution in [0.15, 0.2) is 78.9 Å². The fraction of sp³-hybridized carbons (Fsp3) is 0.125. The van der Waals surface area contributed by atoms with Crippen LogP contribution < -0.4 is 0 Å². The van der Waals surface area contributed by atoms with Crippen LogP contribution in [-0.2, 0) is 6.42 Å². The lowest BCUT2D eigenvalue weighted by Crippen LogP contribution is -1.76. The van der Waals surface area contributed by atoms with Gasteiger partial charge in [-0.3, -0.25) is 0 Å². The van der Waals surface area contributed by atoms with E-state index in [1.54, 1.807) is 0 Å². The molecule has 82 valence electrons. The van der Waals surface area contributed by atoms with Gasteiger partial charge in [0, 0.05) is 0 Å². The van der Waals surface area contributed by atoms with Gasteiger partial charge in [-0.25, -0.2) is 0 Å². The van der Waals surface area contributed by atoms with Gasteiger partial charge < -0.3 is 0 Å². The number of hydrogen-bond donors (Lipinski definition) is 0. The molecule has 0 amide bonds. The van der Waals surface area contributed by atoms with Gasteiger partial charge in [0.15, 0.2) is 0 Å². The second-order valence-corrected chi connectivity index (χ2v) is 3.41. The van der Waals surface area contributed by atoms with Gasteiger partial charge in [-0.2, -0.15) is 0 Å². The van der Waals surface area contributed by atoms with Gasteiger partial charge in [-0.05, 0) is 18.9 Å². The van der Waals surface area contributed by atoms with E-state index in [-0.39, 0.29) is 0 Å². The van der Waals surface area contributed by atoms with Crippen molar-refractivity contribution < 1.29 is 0 Å². The number of allylic oxidation sites excluding steroid dienone is 2. The van der Waals surface area contributed by atoms with Crippen molar-refractivity contribution >= 4 is 0 Å². The Balaban J connectivity index is 0.000000181. The minimum atomic E-state index is 1.05. The van der Waals surface area contributed by atoms with Gasteiger partial charge in [-0.1, -0.05) is 78.9 Å². The van der Waals surface area contributed by atoms with Crippen molar-refractivity contribution in [3.05, 3.63) is 84.4 Å². The Bertz CT molecular complexity index is 347. The maximum absolute atomic E-state index is 2.16. The van der Waals surface area contributed by atoms with Crippen molar-refractivity contribution in [2.45, 2.75) is 13.3 Å². The highest BCUT2D eigenvalue weighted by Gasteiger charge is 1.83. The highest BCUT2D eigenvalue weighted by Crippen LogP contribution is 1.99. The summed E-state index contributed by atoms with van der Waals surface area (Å²) in [7, 11) is 0. The Hall–Kier alpha value is -1.82. The van der Waals surface area contributed by atoms with Gasteiger partial charge in [0.1, 0.15) is 0 Å². The summed E-state index contributed by atoms with van der Waals surface area (Å²) in [6, 6.07) is 22.5. The van der Waals surface area contributed by atoms with Crippen LogP contribution in [0.2, 0.25) is 0 Å². The molecule has 2 aromatic carbocycles. The molecular weight excluding hydrogens is 192 g/mol. The molecule has 0 fully saturated rings. The van der Waals surface area contributed by atoms with E-state index in [1.807, 2.05) is 49.4 Å². The zero-order valence-corrected chi connectivity index (χ0v) is 9.71. The largest absolute Gasteiger partial charge is 0.0913 e. The van der Waals surface area contributed by atoms with Crippen LogP contribution in [0.5, 0.6) is 0 Å². The predicted molar refractivity (Wildman–Crippen MR) is 71.4 cm³/mol. The Morgan fingerprint density at radius 2 is 1.19 bits per heavy atom. The minimum Gasteiger partial charge on any atom is -0.0913 e. The zero-order valence-electron chi connectivity index (χ0n) is 9.71. The van der Waals surface area contributed by atoms with Crippen molar-refractivity contribution in [1.29, 1.82) is 0 Å². The number of hydrogen-bond acceptors (Lipinski definition) is 0. The molecule has 2 aromatic rings. The van der Waals surface area contributed by atoms with E-state index < -0.39 is 0 Å². The fourth-order valence-corrected chi connectivity index (χ4v) is 1.25. The molecule has 0 unspecified atom stereocenters. The topological polar surface area (TPSA) is 0 Å². The molecule has 0 N–H and O–H groups in total. The first-order valence-electron chi connectivity index (χ1n) is 5.58. The van der Waals surface area contributed by atoms with Gasteiger partial charge in [0.05, 0.1) is 0 Å². The van der Waals surface area contributed by atoms with Crippen LogP contribution in [0.1, 0.15) is 12.5 Å². The SMILES string of the molecule is C/C=C/Cc1ccccc1.c1ccccc1. The van der Waals surface area contributed by atoms with Crippen molar-refractivity contribution in [2.75, 3.05) is 0 Å². The number of rotatable bonds is 2. The first-order chi connectivity index (χ1) is 7.93. The van der Waals surface area contributed by atoms with Crippen LogP contribution >= 0.6 is 0 Å². The maximum Gasteiger partial charge on any atom is -0.00976 e. The molecule has 0 spiro atoms. The summed E-state index contributed by atoms with van der Waals surface area (Å²) in [6.07, 6.45) is 5.29. The monoisotopic (exact) mass is 210 g/mol. The first-order valence-corrected chi connectivity index (χ1v) is 5.58. The molecule has 0 radical (unpaired) electrons. The smallest absolute Gasteiger partial charge is 0.00976 e. The molecule has 16 heavy (non-hydrogen) atoms. The predicted octanol–water partition coefficient (Wildman–Crippen LogP) is 4.49. The van der Waals surface area contributed by atoms with Crippen molar-refractivity contribution in [1.82, 2.24) is 0 Å². The lowest BCUT2D eigenvalue weighted by molar-refractivity contribution is 1.26. The van der Waals surface area contributed by atoms with Crippen LogP contribution in [-0.4, -0.2) is 0 Å². The Kier molecular flexibility index (Phi) is 6.50. The van der Waals surface area contributed by atoms with E-state index in [4.69, 9.17) is 0 Å². The average molecular weight is 210 g/mol. The molecule has 2 rings (SSSR count). The lowest BCUT2D eigenvalue weighted by atomic mass is 10.1. The summed E-state index contributed by atoms with van der Waals surface area (Å²) >= 11 is 0. The van der Waals surface area contributed by atoms with E-state index in [0.29, 0.717) is 0 Å². The summed E-state index contributed by atoms with van der Waals surface area (Å²) < 4.78 is 0. The number of benzene rings is 2. The molecule has 0 aromatic heterocycles. The van der Waals surface area contributed by atoms with E-state index >= 15 is 0 Å². The zero-order chi connectivity index (χ0) is 11.5. The van der Waals surface area contributed by atoms with Gasteiger partial charge in [0.25, 0.3) is 0 Å². The molecule has 0 nitrogen and oxygen atoms in total. The van der Waals surface area contributed by atoms with E-state index in [2.05, 4.69) is 36.4 Å². The molecule has 0 atom stereocenters. The quantitative estimate of drug-likeness (QED) is 0.640. The lowest BCUT2D eigenvalue weighted by Gasteiger charge is -1.92. The fourth-order valence-electron chi connectivity index (χ4n) is 1.25. The maximum atomic E-state index is 2.16. The molecule has 0 bridgehead atoms. The van der Waals surface area contributed by atoms with Crippen LogP contribution in [0, 0.1) is 0 Å². The van der Waals surface area contributed by atoms with Crippen molar-refractivity contribution in [3.63, 3.8) is 0 Å². The molecule has 0 heterocycles. The normalized spacial score (nSPS) is 9.56.